The number of H-pyrrole nitrogens is 1. The number of rotatable bonds is 2. The van der Waals surface area contributed by atoms with Crippen LogP contribution in [-0.2, 0) is 0 Å². The SMILES string of the molecule is NC(=Nc1cccc2[nH]cnc12)Nc1ccc(O)cc1. The van der Waals surface area contributed by atoms with Gasteiger partial charge < -0.3 is 21.1 Å². The third-order valence-electron chi connectivity index (χ3n) is 2.81. The third kappa shape index (κ3) is 2.39. The first-order chi connectivity index (χ1) is 9.72. The van der Waals surface area contributed by atoms with Crippen LogP contribution in [0.1, 0.15) is 0 Å². The van der Waals surface area contributed by atoms with Gasteiger partial charge in [-0.05, 0) is 36.4 Å². The van der Waals surface area contributed by atoms with Crippen molar-refractivity contribution in [1.82, 2.24) is 9.97 Å². The van der Waals surface area contributed by atoms with Crippen LogP contribution in [-0.4, -0.2) is 21.0 Å². The van der Waals surface area contributed by atoms with E-state index in [2.05, 4.69) is 20.3 Å². The minimum Gasteiger partial charge on any atom is -0.508 e. The molecule has 0 saturated heterocycles. The molecule has 0 aliphatic carbocycles. The van der Waals surface area contributed by atoms with E-state index < -0.39 is 0 Å². The van der Waals surface area contributed by atoms with Crippen LogP contribution in [0.3, 0.4) is 0 Å². The molecule has 6 nitrogen and oxygen atoms in total. The standard InChI is InChI=1S/C14H13N5O/c15-14(18-9-4-6-10(20)7-5-9)19-12-3-1-2-11-13(12)17-8-16-11/h1-8,20H,(H,16,17)(H3,15,18,19). The number of benzene rings is 2. The van der Waals surface area contributed by atoms with Crippen LogP contribution in [0.2, 0.25) is 0 Å². The maximum Gasteiger partial charge on any atom is 0.198 e. The molecule has 20 heavy (non-hydrogen) atoms. The first-order valence-electron chi connectivity index (χ1n) is 6.05. The molecular formula is C14H13N5O. The van der Waals surface area contributed by atoms with Gasteiger partial charge in [0.2, 0.25) is 0 Å². The molecule has 100 valence electrons. The van der Waals surface area contributed by atoms with Crippen molar-refractivity contribution >= 4 is 28.4 Å². The molecule has 1 heterocycles. The molecule has 6 heteroatoms. The van der Waals surface area contributed by atoms with E-state index in [0.29, 0.717) is 5.69 Å². The lowest BCUT2D eigenvalue weighted by molar-refractivity contribution is 0.475. The number of fused-ring (bicyclic) bond motifs is 1. The van der Waals surface area contributed by atoms with Crippen molar-refractivity contribution in [2.75, 3.05) is 5.32 Å². The van der Waals surface area contributed by atoms with Crippen molar-refractivity contribution in [2.24, 2.45) is 10.7 Å². The molecule has 0 unspecified atom stereocenters. The molecule has 0 fully saturated rings. The summed E-state index contributed by atoms with van der Waals surface area (Å²) in [5.74, 6) is 0.457. The number of guanidine groups is 1. The van der Waals surface area contributed by atoms with Crippen molar-refractivity contribution in [3.8, 4) is 5.75 Å². The van der Waals surface area contributed by atoms with Gasteiger partial charge in [0.05, 0.1) is 17.5 Å². The number of aliphatic imine (C=N–C) groups is 1. The summed E-state index contributed by atoms with van der Waals surface area (Å²) < 4.78 is 0. The number of para-hydroxylation sites is 1. The Morgan fingerprint density at radius 3 is 2.80 bits per heavy atom. The Hall–Kier alpha value is -3.02. The fraction of sp³-hybridized carbons (Fsp3) is 0. The number of nitrogens with zero attached hydrogens (tertiary/aromatic N) is 2. The Kier molecular flexibility index (Phi) is 2.96. The Morgan fingerprint density at radius 2 is 2.00 bits per heavy atom. The fourth-order valence-electron chi connectivity index (χ4n) is 1.89. The zero-order valence-electron chi connectivity index (χ0n) is 10.5. The molecule has 5 N–H and O–H groups in total. The van der Waals surface area contributed by atoms with E-state index in [9.17, 15) is 5.11 Å². The number of anilines is 1. The van der Waals surface area contributed by atoms with E-state index in [1.807, 2.05) is 18.2 Å². The highest BCUT2D eigenvalue weighted by Gasteiger charge is 2.03. The summed E-state index contributed by atoms with van der Waals surface area (Å²) >= 11 is 0. The third-order valence-corrected chi connectivity index (χ3v) is 2.81. The minimum absolute atomic E-state index is 0.201. The molecule has 0 amide bonds. The number of aromatic hydroxyl groups is 1. The number of aromatic amines is 1. The first-order valence-corrected chi connectivity index (χ1v) is 6.05. The van der Waals surface area contributed by atoms with Crippen LogP contribution in [0.5, 0.6) is 5.75 Å². The average Bonchev–Trinajstić information content (AvgIpc) is 2.91. The molecule has 0 bridgehead atoms. The van der Waals surface area contributed by atoms with Crippen LogP contribution in [0, 0.1) is 0 Å². The highest BCUT2D eigenvalue weighted by Crippen LogP contribution is 2.22. The van der Waals surface area contributed by atoms with E-state index in [4.69, 9.17) is 5.73 Å². The van der Waals surface area contributed by atoms with Gasteiger partial charge in [0, 0.05) is 5.69 Å². The maximum absolute atomic E-state index is 9.22. The molecule has 0 atom stereocenters. The monoisotopic (exact) mass is 267 g/mol. The Morgan fingerprint density at radius 1 is 1.20 bits per heavy atom. The predicted molar refractivity (Wildman–Crippen MR) is 79.1 cm³/mol. The highest BCUT2D eigenvalue weighted by molar-refractivity contribution is 5.97. The van der Waals surface area contributed by atoms with Gasteiger partial charge >= 0.3 is 0 Å². The fourth-order valence-corrected chi connectivity index (χ4v) is 1.89. The zero-order valence-corrected chi connectivity index (χ0v) is 10.5. The van der Waals surface area contributed by atoms with Gasteiger partial charge in [-0.3, -0.25) is 0 Å². The largest absolute Gasteiger partial charge is 0.508 e. The van der Waals surface area contributed by atoms with Crippen molar-refractivity contribution < 1.29 is 5.11 Å². The van der Waals surface area contributed by atoms with Gasteiger partial charge in [-0.2, -0.15) is 0 Å². The normalized spacial score (nSPS) is 11.7. The van der Waals surface area contributed by atoms with Crippen molar-refractivity contribution in [1.29, 1.82) is 0 Å². The van der Waals surface area contributed by atoms with E-state index in [1.54, 1.807) is 30.6 Å². The van der Waals surface area contributed by atoms with Crippen LogP contribution in [0.4, 0.5) is 11.4 Å². The van der Waals surface area contributed by atoms with E-state index in [0.717, 1.165) is 16.7 Å². The molecule has 0 saturated carbocycles. The molecule has 0 aliphatic heterocycles. The molecule has 3 aromatic rings. The van der Waals surface area contributed by atoms with Crippen molar-refractivity contribution in [3.63, 3.8) is 0 Å². The van der Waals surface area contributed by atoms with Gasteiger partial charge in [-0.15, -0.1) is 0 Å². The molecule has 3 rings (SSSR count). The zero-order chi connectivity index (χ0) is 13.9. The highest BCUT2D eigenvalue weighted by atomic mass is 16.3. The first kappa shape index (κ1) is 12.0. The molecule has 0 spiro atoms. The lowest BCUT2D eigenvalue weighted by atomic mass is 10.3. The van der Waals surface area contributed by atoms with E-state index >= 15 is 0 Å². The summed E-state index contributed by atoms with van der Waals surface area (Å²) in [6.45, 7) is 0. The lowest BCUT2D eigenvalue weighted by Crippen LogP contribution is -2.21. The van der Waals surface area contributed by atoms with Crippen LogP contribution < -0.4 is 11.1 Å². The summed E-state index contributed by atoms with van der Waals surface area (Å²) in [5.41, 5.74) is 8.98. The van der Waals surface area contributed by atoms with E-state index in [1.165, 1.54) is 0 Å². The Labute approximate surface area is 115 Å². The smallest absolute Gasteiger partial charge is 0.198 e. The molecule has 0 radical (unpaired) electrons. The number of hydrogen-bond acceptors (Lipinski definition) is 3. The van der Waals surface area contributed by atoms with Crippen LogP contribution >= 0.6 is 0 Å². The number of nitrogens with one attached hydrogen (secondary N) is 2. The topological polar surface area (TPSA) is 99.3 Å². The molecule has 2 aromatic carbocycles. The lowest BCUT2D eigenvalue weighted by Gasteiger charge is -2.05. The Bertz CT molecular complexity index is 761. The van der Waals surface area contributed by atoms with Gasteiger partial charge in [0.25, 0.3) is 0 Å². The predicted octanol–water partition coefficient (Wildman–Crippen LogP) is 2.33. The summed E-state index contributed by atoms with van der Waals surface area (Å²) in [7, 11) is 0. The molecular weight excluding hydrogens is 254 g/mol. The minimum atomic E-state index is 0.201. The van der Waals surface area contributed by atoms with Crippen LogP contribution in [0.15, 0.2) is 53.8 Å². The number of hydrogen-bond donors (Lipinski definition) is 4. The second-order valence-corrected chi connectivity index (χ2v) is 4.24. The summed E-state index contributed by atoms with van der Waals surface area (Å²) in [5, 5.41) is 12.2. The van der Waals surface area contributed by atoms with Gasteiger partial charge in [0.15, 0.2) is 5.96 Å². The molecule has 0 aliphatic rings. The second kappa shape index (κ2) is 4.93. The summed E-state index contributed by atoms with van der Waals surface area (Å²) in [6, 6.07) is 12.2. The number of imidazole rings is 1. The second-order valence-electron chi connectivity index (χ2n) is 4.24. The van der Waals surface area contributed by atoms with Crippen LogP contribution in [0.25, 0.3) is 11.0 Å². The molecule has 1 aromatic heterocycles. The quantitative estimate of drug-likeness (QED) is 0.325. The van der Waals surface area contributed by atoms with Crippen molar-refractivity contribution in [2.45, 2.75) is 0 Å². The van der Waals surface area contributed by atoms with Gasteiger partial charge in [0.1, 0.15) is 11.3 Å². The Balaban J connectivity index is 1.87. The van der Waals surface area contributed by atoms with Gasteiger partial charge in [-0.1, -0.05) is 6.07 Å². The number of nitrogens with two attached hydrogens (primary N) is 1. The van der Waals surface area contributed by atoms with Crippen molar-refractivity contribution in [3.05, 3.63) is 48.8 Å². The number of aromatic nitrogens is 2. The van der Waals surface area contributed by atoms with Gasteiger partial charge in [-0.25, -0.2) is 9.98 Å². The average molecular weight is 267 g/mol. The summed E-state index contributed by atoms with van der Waals surface area (Å²) in [4.78, 5) is 11.5. The van der Waals surface area contributed by atoms with E-state index in [-0.39, 0.29) is 11.7 Å². The number of phenols is 1. The maximum atomic E-state index is 9.22. The number of phenolic OH excluding ortho intramolecular Hbond substituents is 1. The summed E-state index contributed by atoms with van der Waals surface area (Å²) in [6.07, 6.45) is 1.62.